The van der Waals surface area contributed by atoms with Gasteiger partial charge in [0.1, 0.15) is 11.3 Å². The number of allylic oxidation sites excluding steroid dienone is 3. The Bertz CT molecular complexity index is 2540. The average Bonchev–Trinajstić information content (AvgIpc) is 3.67. The van der Waals surface area contributed by atoms with Gasteiger partial charge in [0, 0.05) is 64.4 Å². The van der Waals surface area contributed by atoms with Crippen molar-refractivity contribution in [2.75, 3.05) is 0 Å². The smallest absolute Gasteiger partial charge is 0.165 e. The maximum Gasteiger partial charge on any atom is 0.165 e. The summed E-state index contributed by atoms with van der Waals surface area (Å²) in [6, 6.07) is 39.6. The Labute approximate surface area is 282 Å². The zero-order valence-corrected chi connectivity index (χ0v) is 27.0. The van der Waals surface area contributed by atoms with E-state index >= 15 is 0 Å². The number of nitrogens with zero attached hydrogens (tertiary/aromatic N) is 3. The van der Waals surface area contributed by atoms with E-state index in [1.165, 1.54) is 15.5 Å². The normalized spacial score (nSPS) is 15.6. The van der Waals surface area contributed by atoms with Crippen LogP contribution in [-0.4, -0.2) is 15.0 Å². The largest absolute Gasteiger partial charge is 0.455 e. The number of hydrogen-bond acceptors (Lipinski definition) is 5. The summed E-state index contributed by atoms with van der Waals surface area (Å²) in [5.74, 6) is 2.82. The lowest BCUT2D eigenvalue weighted by Gasteiger charge is -2.14. The van der Waals surface area contributed by atoms with Crippen molar-refractivity contribution in [2.24, 2.45) is 5.41 Å². The molecule has 1 aliphatic rings. The molecule has 8 aromatic rings. The third-order valence-electron chi connectivity index (χ3n) is 9.18. The molecule has 9 rings (SSSR count). The fourth-order valence-electron chi connectivity index (χ4n) is 6.51. The minimum absolute atomic E-state index is 0.214. The van der Waals surface area contributed by atoms with Crippen molar-refractivity contribution in [1.82, 2.24) is 15.0 Å². The van der Waals surface area contributed by atoms with Crippen molar-refractivity contribution < 1.29 is 4.42 Å². The van der Waals surface area contributed by atoms with Crippen LogP contribution in [0.5, 0.6) is 0 Å². The van der Waals surface area contributed by atoms with E-state index in [0.29, 0.717) is 17.5 Å². The van der Waals surface area contributed by atoms with Gasteiger partial charge >= 0.3 is 0 Å². The molecule has 0 fully saturated rings. The van der Waals surface area contributed by atoms with Crippen LogP contribution in [0.1, 0.15) is 18.2 Å². The summed E-state index contributed by atoms with van der Waals surface area (Å²) in [7, 11) is 0. The molecule has 0 amide bonds. The van der Waals surface area contributed by atoms with Crippen LogP contribution in [0.2, 0.25) is 0 Å². The Morgan fingerprint density at radius 1 is 0.583 bits per heavy atom. The molecule has 0 radical (unpaired) electrons. The van der Waals surface area contributed by atoms with E-state index in [1.54, 1.807) is 11.3 Å². The fourth-order valence-corrected chi connectivity index (χ4v) is 7.85. The number of thiophene rings is 1. The quantitative estimate of drug-likeness (QED) is 0.177. The van der Waals surface area contributed by atoms with E-state index in [1.807, 2.05) is 66.7 Å². The molecule has 0 aliphatic heterocycles. The van der Waals surface area contributed by atoms with Crippen molar-refractivity contribution in [3.8, 4) is 45.3 Å². The van der Waals surface area contributed by atoms with Gasteiger partial charge < -0.3 is 4.42 Å². The fraction of sp³-hybridized carbons (Fsp3) is 0.0465. The number of para-hydroxylation sites is 1. The van der Waals surface area contributed by atoms with Crippen LogP contribution < -0.4 is 0 Å². The second kappa shape index (κ2) is 11.1. The standard InChI is InChI=1S/C43H29N3OS/c1-3-43(2)25-23-29-30-17-10-18-31(37(30)47-36(29)24-26-43)32-19-11-20-33-34-21-12-22-35(39(34)48-38(32)33)42-45-40(27-13-6-4-7-14-27)44-41(46-42)28-15-8-5-9-16-28/h3-26H,1H2,2H3. The van der Waals surface area contributed by atoms with Gasteiger partial charge in [-0.05, 0) is 19.1 Å². The van der Waals surface area contributed by atoms with E-state index in [9.17, 15) is 0 Å². The van der Waals surface area contributed by atoms with E-state index in [4.69, 9.17) is 19.4 Å². The van der Waals surface area contributed by atoms with Gasteiger partial charge in [-0.1, -0.05) is 133 Å². The molecule has 48 heavy (non-hydrogen) atoms. The average molecular weight is 636 g/mol. The SMILES string of the molecule is C=CC1(C)C=Cc2oc3c(-c4cccc5c4sc4c(-c6nc(-c7ccccc7)nc(-c7ccccc7)n6)cccc45)cccc3c2C=C1. The van der Waals surface area contributed by atoms with Crippen LogP contribution in [0.4, 0.5) is 0 Å². The molecule has 3 heterocycles. The van der Waals surface area contributed by atoms with Crippen molar-refractivity contribution >= 4 is 54.6 Å². The molecule has 1 atom stereocenters. The minimum Gasteiger partial charge on any atom is -0.455 e. The Morgan fingerprint density at radius 2 is 1.12 bits per heavy atom. The second-order valence-electron chi connectivity index (χ2n) is 12.3. The molecule has 0 saturated carbocycles. The molecular weight excluding hydrogens is 607 g/mol. The van der Waals surface area contributed by atoms with Crippen molar-refractivity contribution in [3.63, 3.8) is 0 Å². The number of furan rings is 1. The van der Waals surface area contributed by atoms with E-state index < -0.39 is 0 Å². The zero-order valence-electron chi connectivity index (χ0n) is 26.2. The van der Waals surface area contributed by atoms with E-state index in [-0.39, 0.29) is 5.41 Å². The second-order valence-corrected chi connectivity index (χ2v) is 13.3. The summed E-state index contributed by atoms with van der Waals surface area (Å²) in [5.41, 5.74) is 6.88. The van der Waals surface area contributed by atoms with Crippen LogP contribution in [0, 0.1) is 5.41 Å². The van der Waals surface area contributed by atoms with Crippen LogP contribution >= 0.6 is 11.3 Å². The van der Waals surface area contributed by atoms with Crippen LogP contribution in [0.15, 0.2) is 144 Å². The lowest BCUT2D eigenvalue weighted by molar-refractivity contribution is 0.603. The molecule has 5 aromatic carbocycles. The summed E-state index contributed by atoms with van der Waals surface area (Å²) in [5, 5.41) is 3.47. The molecule has 1 aliphatic carbocycles. The lowest BCUT2D eigenvalue weighted by Crippen LogP contribution is -2.02. The molecule has 0 N–H and O–H groups in total. The molecule has 5 heteroatoms. The predicted octanol–water partition coefficient (Wildman–Crippen LogP) is 11.9. The summed E-state index contributed by atoms with van der Waals surface area (Å²) >= 11 is 1.78. The van der Waals surface area contributed by atoms with Crippen molar-refractivity contribution in [2.45, 2.75) is 6.92 Å². The first-order valence-corrected chi connectivity index (χ1v) is 16.8. The van der Waals surface area contributed by atoms with Gasteiger partial charge in [0.2, 0.25) is 0 Å². The first-order valence-electron chi connectivity index (χ1n) is 16.0. The molecule has 0 bridgehead atoms. The number of fused-ring (bicyclic) bond motifs is 6. The van der Waals surface area contributed by atoms with Crippen molar-refractivity contribution in [3.05, 3.63) is 151 Å². The maximum absolute atomic E-state index is 6.63. The Hall–Kier alpha value is -5.91. The lowest BCUT2D eigenvalue weighted by atomic mass is 9.90. The van der Waals surface area contributed by atoms with E-state index in [2.05, 4.69) is 92.4 Å². The Kier molecular flexibility index (Phi) is 6.56. The van der Waals surface area contributed by atoms with Gasteiger partial charge in [0.15, 0.2) is 17.5 Å². The Balaban J connectivity index is 1.24. The highest BCUT2D eigenvalue weighted by Crippen LogP contribution is 2.46. The van der Waals surface area contributed by atoms with Gasteiger partial charge in [0.05, 0.1) is 0 Å². The predicted molar refractivity (Wildman–Crippen MR) is 201 cm³/mol. The molecule has 228 valence electrons. The highest BCUT2D eigenvalue weighted by Gasteiger charge is 2.22. The monoisotopic (exact) mass is 635 g/mol. The summed E-state index contributed by atoms with van der Waals surface area (Å²) in [6.45, 7) is 6.17. The van der Waals surface area contributed by atoms with Gasteiger partial charge in [-0.3, -0.25) is 0 Å². The van der Waals surface area contributed by atoms with Crippen LogP contribution in [0.3, 0.4) is 0 Å². The maximum atomic E-state index is 6.63. The summed E-state index contributed by atoms with van der Waals surface area (Å²) < 4.78 is 8.96. The highest BCUT2D eigenvalue weighted by atomic mass is 32.1. The van der Waals surface area contributed by atoms with Gasteiger partial charge in [-0.2, -0.15) is 0 Å². The minimum atomic E-state index is -0.214. The molecule has 4 nitrogen and oxygen atoms in total. The third-order valence-corrected chi connectivity index (χ3v) is 10.5. The van der Waals surface area contributed by atoms with Crippen molar-refractivity contribution in [1.29, 1.82) is 0 Å². The highest BCUT2D eigenvalue weighted by molar-refractivity contribution is 7.26. The molecule has 0 saturated heterocycles. The molecular formula is C43H29N3OS. The summed E-state index contributed by atoms with van der Waals surface area (Å²) in [4.78, 5) is 15.0. The molecule has 3 aromatic heterocycles. The van der Waals surface area contributed by atoms with Crippen LogP contribution in [-0.2, 0) is 0 Å². The van der Waals surface area contributed by atoms with Gasteiger partial charge in [0.25, 0.3) is 0 Å². The topological polar surface area (TPSA) is 51.8 Å². The zero-order chi connectivity index (χ0) is 32.2. The number of hydrogen-bond donors (Lipinski definition) is 0. The number of benzene rings is 5. The molecule has 0 spiro atoms. The first kappa shape index (κ1) is 28.3. The van der Waals surface area contributed by atoms with E-state index in [0.717, 1.165) is 54.8 Å². The first-order chi connectivity index (χ1) is 23.6. The molecule has 1 unspecified atom stereocenters. The number of aromatic nitrogens is 3. The number of rotatable bonds is 5. The van der Waals surface area contributed by atoms with Gasteiger partial charge in [-0.15, -0.1) is 17.9 Å². The third kappa shape index (κ3) is 4.62. The van der Waals surface area contributed by atoms with Gasteiger partial charge in [-0.25, -0.2) is 15.0 Å². The Morgan fingerprint density at radius 3 is 1.77 bits per heavy atom. The summed E-state index contributed by atoms with van der Waals surface area (Å²) in [6.07, 6.45) is 10.5. The van der Waals surface area contributed by atoms with Crippen LogP contribution in [0.25, 0.3) is 88.6 Å².